The standard InChI is InChI=1S/C13H14BrN3O3/c1-3-9-11(14)10(16(2)15-9)7-17-6-4-5-8(12(17)18)13(19)20/h4-6H,3,7H2,1-2H3,(H,19,20). The summed E-state index contributed by atoms with van der Waals surface area (Å²) in [6, 6.07) is 2.85. The minimum atomic E-state index is -1.22. The Balaban J connectivity index is 2.46. The van der Waals surface area contributed by atoms with Crippen LogP contribution in [0.25, 0.3) is 0 Å². The van der Waals surface area contributed by atoms with E-state index in [9.17, 15) is 9.59 Å². The Labute approximate surface area is 123 Å². The van der Waals surface area contributed by atoms with Crippen molar-refractivity contribution in [1.29, 1.82) is 0 Å². The Morgan fingerprint density at radius 3 is 2.75 bits per heavy atom. The van der Waals surface area contributed by atoms with E-state index >= 15 is 0 Å². The molecule has 0 atom stereocenters. The van der Waals surface area contributed by atoms with E-state index in [4.69, 9.17) is 5.11 Å². The Bertz CT molecular complexity index is 718. The zero-order valence-electron chi connectivity index (χ0n) is 11.1. The molecular formula is C13H14BrN3O3. The second kappa shape index (κ2) is 5.62. The smallest absolute Gasteiger partial charge is 0.341 e. The molecule has 0 radical (unpaired) electrons. The third-order valence-electron chi connectivity index (χ3n) is 3.07. The van der Waals surface area contributed by atoms with E-state index in [1.165, 1.54) is 10.6 Å². The first-order chi connectivity index (χ1) is 9.45. The van der Waals surface area contributed by atoms with Crippen LogP contribution in [0.15, 0.2) is 27.6 Å². The molecule has 0 aliphatic heterocycles. The van der Waals surface area contributed by atoms with Crippen LogP contribution in [0.5, 0.6) is 0 Å². The number of carboxylic acids is 1. The first-order valence-electron chi connectivity index (χ1n) is 6.08. The highest BCUT2D eigenvalue weighted by molar-refractivity contribution is 9.10. The second-order valence-corrected chi connectivity index (χ2v) is 5.14. The van der Waals surface area contributed by atoms with Crippen LogP contribution in [0.2, 0.25) is 0 Å². The number of carboxylic acid groups (broad SMARTS) is 1. The predicted octanol–water partition coefficient (Wildman–Crippen LogP) is 1.65. The van der Waals surface area contributed by atoms with Crippen molar-refractivity contribution in [2.45, 2.75) is 19.9 Å². The van der Waals surface area contributed by atoms with Crippen LogP contribution in [-0.4, -0.2) is 25.4 Å². The molecule has 0 fully saturated rings. The maximum atomic E-state index is 12.1. The Hall–Kier alpha value is -1.89. The lowest BCUT2D eigenvalue weighted by Gasteiger charge is -2.07. The quantitative estimate of drug-likeness (QED) is 0.918. The van der Waals surface area contributed by atoms with Crippen molar-refractivity contribution in [2.24, 2.45) is 7.05 Å². The van der Waals surface area contributed by atoms with Crippen LogP contribution in [0.4, 0.5) is 0 Å². The number of carbonyl (C=O) groups is 1. The van der Waals surface area contributed by atoms with E-state index in [2.05, 4.69) is 21.0 Å². The van der Waals surface area contributed by atoms with Crippen LogP contribution in [-0.2, 0) is 20.0 Å². The van der Waals surface area contributed by atoms with Crippen LogP contribution in [0.1, 0.15) is 28.7 Å². The lowest BCUT2D eigenvalue weighted by Crippen LogP contribution is -2.26. The molecule has 0 saturated heterocycles. The van der Waals surface area contributed by atoms with Crippen LogP contribution in [0.3, 0.4) is 0 Å². The molecule has 0 spiro atoms. The summed E-state index contributed by atoms with van der Waals surface area (Å²) in [5, 5.41) is 13.3. The molecule has 7 heteroatoms. The fourth-order valence-electron chi connectivity index (χ4n) is 1.98. The van der Waals surface area contributed by atoms with Gasteiger partial charge in [0.2, 0.25) is 0 Å². The summed E-state index contributed by atoms with van der Waals surface area (Å²) >= 11 is 3.48. The number of halogens is 1. The van der Waals surface area contributed by atoms with Crippen molar-refractivity contribution in [2.75, 3.05) is 0 Å². The second-order valence-electron chi connectivity index (χ2n) is 4.34. The number of hydrogen-bond donors (Lipinski definition) is 1. The molecule has 0 saturated carbocycles. The number of nitrogens with zero attached hydrogens (tertiary/aromatic N) is 3. The topological polar surface area (TPSA) is 77.1 Å². The summed E-state index contributed by atoms with van der Waals surface area (Å²) < 4.78 is 3.92. The summed E-state index contributed by atoms with van der Waals surface area (Å²) in [5.41, 5.74) is 0.976. The van der Waals surface area contributed by atoms with Gasteiger partial charge >= 0.3 is 5.97 Å². The van der Waals surface area contributed by atoms with Gasteiger partial charge in [-0.2, -0.15) is 5.10 Å². The largest absolute Gasteiger partial charge is 0.477 e. The average molecular weight is 340 g/mol. The van der Waals surface area contributed by atoms with E-state index in [0.29, 0.717) is 0 Å². The van der Waals surface area contributed by atoms with E-state index in [1.807, 2.05) is 6.92 Å². The fourth-order valence-corrected chi connectivity index (χ4v) is 2.72. The van der Waals surface area contributed by atoms with Gasteiger partial charge in [-0.3, -0.25) is 9.48 Å². The lowest BCUT2D eigenvalue weighted by atomic mass is 10.2. The van der Waals surface area contributed by atoms with Crippen molar-refractivity contribution in [1.82, 2.24) is 14.3 Å². The van der Waals surface area contributed by atoms with Gasteiger partial charge in [0, 0.05) is 13.2 Å². The highest BCUT2D eigenvalue weighted by Gasteiger charge is 2.15. The molecular weight excluding hydrogens is 326 g/mol. The van der Waals surface area contributed by atoms with Gasteiger partial charge in [0.1, 0.15) is 5.56 Å². The monoisotopic (exact) mass is 339 g/mol. The predicted molar refractivity (Wildman–Crippen MR) is 77.0 cm³/mol. The molecule has 0 bridgehead atoms. The summed E-state index contributed by atoms with van der Waals surface area (Å²) in [5.74, 6) is -1.22. The first-order valence-corrected chi connectivity index (χ1v) is 6.88. The van der Waals surface area contributed by atoms with Crippen LogP contribution >= 0.6 is 15.9 Å². The highest BCUT2D eigenvalue weighted by Crippen LogP contribution is 2.22. The van der Waals surface area contributed by atoms with E-state index in [-0.39, 0.29) is 12.1 Å². The summed E-state index contributed by atoms with van der Waals surface area (Å²) in [4.78, 5) is 23.0. The van der Waals surface area contributed by atoms with Crippen molar-refractivity contribution in [3.8, 4) is 0 Å². The molecule has 1 N–H and O–H groups in total. The van der Waals surface area contributed by atoms with Crippen molar-refractivity contribution >= 4 is 21.9 Å². The third-order valence-corrected chi connectivity index (χ3v) is 3.99. The normalized spacial score (nSPS) is 10.8. The number of rotatable bonds is 4. The van der Waals surface area contributed by atoms with Crippen molar-refractivity contribution in [3.05, 3.63) is 50.1 Å². The minimum Gasteiger partial charge on any atom is -0.477 e. The zero-order chi connectivity index (χ0) is 14.9. The Morgan fingerprint density at radius 2 is 2.20 bits per heavy atom. The maximum absolute atomic E-state index is 12.1. The van der Waals surface area contributed by atoms with Gasteiger partial charge in [0.05, 0.1) is 22.4 Å². The summed E-state index contributed by atoms with van der Waals surface area (Å²) in [6.07, 6.45) is 2.35. The molecule has 0 amide bonds. The molecule has 0 unspecified atom stereocenters. The Morgan fingerprint density at radius 1 is 1.50 bits per heavy atom. The molecule has 6 nitrogen and oxygen atoms in total. The summed E-state index contributed by atoms with van der Waals surface area (Å²) in [7, 11) is 1.80. The summed E-state index contributed by atoms with van der Waals surface area (Å²) in [6.45, 7) is 2.26. The van der Waals surface area contributed by atoms with Gasteiger partial charge in [-0.15, -0.1) is 0 Å². The zero-order valence-corrected chi connectivity index (χ0v) is 12.7. The SMILES string of the molecule is CCc1nn(C)c(Cn2cccc(C(=O)O)c2=O)c1Br. The van der Waals surface area contributed by atoms with Gasteiger partial charge in [0.15, 0.2) is 0 Å². The van der Waals surface area contributed by atoms with Gasteiger partial charge in [-0.1, -0.05) is 6.92 Å². The van der Waals surface area contributed by atoms with Crippen LogP contribution in [0, 0.1) is 0 Å². The maximum Gasteiger partial charge on any atom is 0.341 e. The van der Waals surface area contributed by atoms with Gasteiger partial charge in [-0.25, -0.2) is 4.79 Å². The lowest BCUT2D eigenvalue weighted by molar-refractivity contribution is 0.0694. The van der Waals surface area contributed by atoms with Crippen molar-refractivity contribution in [3.63, 3.8) is 0 Å². The number of hydrogen-bond acceptors (Lipinski definition) is 3. The van der Waals surface area contributed by atoms with E-state index < -0.39 is 11.5 Å². The molecule has 0 aliphatic carbocycles. The highest BCUT2D eigenvalue weighted by atomic mass is 79.9. The van der Waals surface area contributed by atoms with Crippen LogP contribution < -0.4 is 5.56 Å². The average Bonchev–Trinajstić information content (AvgIpc) is 2.68. The minimum absolute atomic E-state index is 0.235. The molecule has 2 aromatic rings. The fraction of sp³-hybridized carbons (Fsp3) is 0.308. The molecule has 0 aliphatic rings. The van der Waals surface area contributed by atoms with E-state index in [1.54, 1.807) is 24.0 Å². The van der Waals surface area contributed by atoms with Gasteiger partial charge in [0.25, 0.3) is 5.56 Å². The number of aromatic nitrogens is 3. The molecule has 106 valence electrons. The van der Waals surface area contributed by atoms with Gasteiger partial charge < -0.3 is 9.67 Å². The molecule has 2 heterocycles. The number of pyridine rings is 1. The molecule has 2 aromatic heterocycles. The first kappa shape index (κ1) is 14.5. The molecule has 20 heavy (non-hydrogen) atoms. The number of aromatic carboxylic acids is 1. The number of aryl methyl sites for hydroxylation is 2. The Kier molecular flexibility index (Phi) is 4.08. The third kappa shape index (κ3) is 2.53. The molecule has 0 aromatic carbocycles. The van der Waals surface area contributed by atoms with E-state index in [0.717, 1.165) is 22.3 Å². The molecule has 2 rings (SSSR count). The van der Waals surface area contributed by atoms with Gasteiger partial charge in [-0.05, 0) is 34.5 Å². The van der Waals surface area contributed by atoms with Crippen molar-refractivity contribution < 1.29 is 9.90 Å².